The number of fused-ring (bicyclic) bond motifs is 1. The zero-order valence-corrected chi connectivity index (χ0v) is 19.3. The number of nitrogens with one attached hydrogen (secondary N) is 1. The first-order valence-electron chi connectivity index (χ1n) is 9.69. The molecule has 0 aliphatic carbocycles. The molecule has 6 nitrogen and oxygen atoms in total. The Balaban J connectivity index is 1.85. The Hall–Kier alpha value is -3.28. The van der Waals surface area contributed by atoms with Crippen LogP contribution in [0.1, 0.15) is 5.56 Å². The number of benzene rings is 3. The highest BCUT2D eigenvalue weighted by Crippen LogP contribution is 2.30. The molecular weight excluding hydrogens is 550 g/mol. The highest BCUT2D eigenvalue weighted by Gasteiger charge is 2.32. The van der Waals surface area contributed by atoms with Gasteiger partial charge in [0, 0.05) is 10.1 Å². The van der Waals surface area contributed by atoms with Crippen LogP contribution in [0.25, 0.3) is 16.6 Å². The number of hydrogen-bond acceptors (Lipinski definition) is 5. The normalized spacial score (nSPS) is 11.4. The maximum atomic E-state index is 13.4. The molecule has 1 aromatic heterocycles. The highest BCUT2D eigenvalue weighted by molar-refractivity contribution is 14.1. The Bertz CT molecular complexity index is 1360. The van der Waals surface area contributed by atoms with Crippen LogP contribution in [0, 0.1) is 3.57 Å². The number of hydrogen-bond donors (Lipinski definition) is 1. The van der Waals surface area contributed by atoms with E-state index in [1.165, 1.54) is 18.2 Å². The van der Waals surface area contributed by atoms with E-state index in [0.717, 1.165) is 19.8 Å². The molecule has 10 heteroatoms. The fourth-order valence-electron chi connectivity index (χ4n) is 3.28. The predicted molar refractivity (Wildman–Crippen MR) is 127 cm³/mol. The Morgan fingerprint density at radius 3 is 2.48 bits per heavy atom. The topological polar surface area (TPSA) is 65.4 Å². The summed E-state index contributed by atoms with van der Waals surface area (Å²) in [5.74, 6) is 0.265. The molecule has 0 amide bonds. The molecule has 33 heavy (non-hydrogen) atoms. The molecule has 0 saturated heterocycles. The Labute approximate surface area is 200 Å². The maximum absolute atomic E-state index is 13.4. The number of anilines is 1. The van der Waals surface area contributed by atoms with Crippen LogP contribution in [0.3, 0.4) is 0 Å². The molecule has 170 valence electrons. The number of rotatable bonds is 6. The number of nitrogens with zero attached hydrogens (tertiary/aromatic N) is 2. The van der Waals surface area contributed by atoms with Crippen LogP contribution >= 0.6 is 22.6 Å². The third-order valence-electron chi connectivity index (χ3n) is 4.77. The van der Waals surface area contributed by atoms with Gasteiger partial charge in [-0.05, 0) is 70.6 Å². The molecule has 0 fully saturated rings. The largest absolute Gasteiger partial charge is 0.573 e. The molecule has 4 aromatic rings. The summed E-state index contributed by atoms with van der Waals surface area (Å²) in [5, 5.41) is 3.35. The summed E-state index contributed by atoms with van der Waals surface area (Å²) in [4.78, 5) is 18.0. The van der Waals surface area contributed by atoms with Crippen LogP contribution in [0.5, 0.6) is 11.5 Å². The fraction of sp³-hybridized carbons (Fsp3) is 0.130. The van der Waals surface area contributed by atoms with Crippen LogP contribution < -0.4 is 20.3 Å². The minimum Gasteiger partial charge on any atom is -0.497 e. The van der Waals surface area contributed by atoms with Gasteiger partial charge in [-0.15, -0.1) is 13.2 Å². The summed E-state index contributed by atoms with van der Waals surface area (Å²) >= 11 is 2.06. The van der Waals surface area contributed by atoms with Crippen molar-refractivity contribution >= 4 is 39.4 Å². The van der Waals surface area contributed by atoms with Crippen molar-refractivity contribution in [2.75, 3.05) is 12.4 Å². The first kappa shape index (κ1) is 22.9. The number of methoxy groups -OCH3 is 1. The monoisotopic (exact) mass is 567 g/mol. The van der Waals surface area contributed by atoms with Gasteiger partial charge < -0.3 is 14.8 Å². The molecule has 0 aliphatic rings. The minimum absolute atomic E-state index is 0.0784. The molecule has 0 unspecified atom stereocenters. The molecule has 0 aliphatic heterocycles. The molecule has 0 saturated carbocycles. The maximum Gasteiger partial charge on any atom is 0.573 e. The van der Waals surface area contributed by atoms with Crippen molar-refractivity contribution in [3.05, 3.63) is 86.2 Å². The molecular formula is C23H17F3IN3O3. The lowest BCUT2D eigenvalue weighted by Gasteiger charge is -2.18. The van der Waals surface area contributed by atoms with E-state index >= 15 is 0 Å². The van der Waals surface area contributed by atoms with Crippen molar-refractivity contribution in [3.8, 4) is 17.2 Å². The Kier molecular flexibility index (Phi) is 6.45. The van der Waals surface area contributed by atoms with E-state index in [9.17, 15) is 18.0 Å². The van der Waals surface area contributed by atoms with E-state index in [-0.39, 0.29) is 23.6 Å². The van der Waals surface area contributed by atoms with Crippen molar-refractivity contribution in [2.45, 2.75) is 12.9 Å². The van der Waals surface area contributed by atoms with Gasteiger partial charge in [0.05, 0.1) is 23.7 Å². The van der Waals surface area contributed by atoms with Crippen LogP contribution in [0.15, 0.2) is 71.5 Å². The van der Waals surface area contributed by atoms with Crippen molar-refractivity contribution in [2.24, 2.45) is 0 Å². The van der Waals surface area contributed by atoms with E-state index in [1.807, 2.05) is 12.1 Å². The molecule has 4 rings (SSSR count). The summed E-state index contributed by atoms with van der Waals surface area (Å²) in [5.41, 5.74) is 0.682. The van der Waals surface area contributed by atoms with E-state index < -0.39 is 17.7 Å². The number of ether oxygens (including phenoxy) is 2. The third kappa shape index (κ3) is 5.21. The SMILES string of the molecule is COc1ccc(CNc2nc3ccc(I)cc3c(=O)n2-c2ccccc2OC(F)(F)F)cc1. The van der Waals surface area contributed by atoms with Gasteiger partial charge in [-0.3, -0.25) is 4.79 Å². The summed E-state index contributed by atoms with van der Waals surface area (Å²) in [6.07, 6.45) is -4.92. The average Bonchev–Trinajstić information content (AvgIpc) is 2.78. The molecule has 0 spiro atoms. The third-order valence-corrected chi connectivity index (χ3v) is 5.44. The molecule has 0 atom stereocenters. The second kappa shape index (κ2) is 9.30. The van der Waals surface area contributed by atoms with Crippen LogP contribution in [0.4, 0.5) is 19.1 Å². The van der Waals surface area contributed by atoms with Gasteiger partial charge in [-0.25, -0.2) is 9.55 Å². The van der Waals surface area contributed by atoms with Crippen molar-refractivity contribution in [3.63, 3.8) is 0 Å². The van der Waals surface area contributed by atoms with E-state index in [4.69, 9.17) is 4.74 Å². The number of para-hydroxylation sites is 2. The van der Waals surface area contributed by atoms with Crippen molar-refractivity contribution in [1.29, 1.82) is 0 Å². The summed E-state index contributed by atoms with van der Waals surface area (Å²) in [7, 11) is 1.56. The second-order valence-electron chi connectivity index (χ2n) is 6.95. The first-order valence-corrected chi connectivity index (χ1v) is 10.8. The Morgan fingerprint density at radius 1 is 1.06 bits per heavy atom. The lowest BCUT2D eigenvalue weighted by atomic mass is 10.2. The number of aromatic nitrogens is 2. The highest BCUT2D eigenvalue weighted by atomic mass is 127. The molecule has 1 N–H and O–H groups in total. The van der Waals surface area contributed by atoms with Gasteiger partial charge in [0.25, 0.3) is 5.56 Å². The van der Waals surface area contributed by atoms with E-state index in [2.05, 4.69) is 37.6 Å². The molecule has 3 aromatic carbocycles. The van der Waals surface area contributed by atoms with E-state index in [0.29, 0.717) is 11.3 Å². The van der Waals surface area contributed by atoms with Crippen LogP contribution in [-0.4, -0.2) is 23.0 Å². The lowest BCUT2D eigenvalue weighted by molar-refractivity contribution is -0.274. The van der Waals surface area contributed by atoms with Gasteiger partial charge in [0.1, 0.15) is 5.75 Å². The van der Waals surface area contributed by atoms with Gasteiger partial charge in [0.15, 0.2) is 5.75 Å². The van der Waals surface area contributed by atoms with Crippen molar-refractivity contribution < 1.29 is 22.6 Å². The molecule has 0 radical (unpaired) electrons. The van der Waals surface area contributed by atoms with Gasteiger partial charge in [0.2, 0.25) is 5.95 Å². The molecule has 0 bridgehead atoms. The standard InChI is InChI=1S/C23H17F3IN3O3/c1-32-16-9-6-14(7-10-16)13-28-22-29-18-11-8-15(27)12-17(18)21(31)30(22)19-4-2-3-5-20(19)33-23(24,25)26/h2-12H,13H2,1H3,(H,28,29). The zero-order valence-electron chi connectivity index (χ0n) is 17.2. The molecule has 1 heterocycles. The average molecular weight is 567 g/mol. The quantitative estimate of drug-likeness (QED) is 0.312. The second-order valence-corrected chi connectivity index (χ2v) is 8.20. The Morgan fingerprint density at radius 2 is 1.79 bits per heavy atom. The van der Waals surface area contributed by atoms with E-state index in [1.54, 1.807) is 37.4 Å². The summed E-state index contributed by atoms with van der Waals surface area (Å²) in [6.45, 7) is 0.272. The van der Waals surface area contributed by atoms with Crippen molar-refractivity contribution in [1.82, 2.24) is 9.55 Å². The lowest BCUT2D eigenvalue weighted by Crippen LogP contribution is -2.26. The van der Waals surface area contributed by atoms with Gasteiger partial charge in [-0.2, -0.15) is 0 Å². The number of alkyl halides is 3. The smallest absolute Gasteiger partial charge is 0.497 e. The first-order chi connectivity index (χ1) is 15.7. The summed E-state index contributed by atoms with van der Waals surface area (Å²) in [6, 6.07) is 17.8. The van der Waals surface area contributed by atoms with Gasteiger partial charge in [-0.1, -0.05) is 24.3 Å². The predicted octanol–water partition coefficient (Wildman–Crippen LogP) is 5.51. The minimum atomic E-state index is -4.92. The fourth-order valence-corrected chi connectivity index (χ4v) is 3.77. The van der Waals surface area contributed by atoms with Gasteiger partial charge >= 0.3 is 6.36 Å². The van der Waals surface area contributed by atoms with Crippen LogP contribution in [-0.2, 0) is 6.54 Å². The summed E-state index contributed by atoms with van der Waals surface area (Å²) < 4.78 is 50.3. The number of halogens is 4. The zero-order chi connectivity index (χ0) is 23.6. The van der Waals surface area contributed by atoms with Crippen LogP contribution in [0.2, 0.25) is 0 Å².